The van der Waals surface area contributed by atoms with Crippen LogP contribution in [0.4, 0.5) is 0 Å². The van der Waals surface area contributed by atoms with E-state index in [0.29, 0.717) is 18.3 Å². The van der Waals surface area contributed by atoms with Crippen LogP contribution in [0.3, 0.4) is 0 Å². The average Bonchev–Trinajstić information content (AvgIpc) is 2.66. The molecule has 0 aromatic heterocycles. The molecule has 0 bridgehead atoms. The third kappa shape index (κ3) is 8.91. The number of hydrogen-bond donors (Lipinski definition) is 2. The van der Waals surface area contributed by atoms with Gasteiger partial charge in [0.15, 0.2) is 0 Å². The van der Waals surface area contributed by atoms with Gasteiger partial charge in [-0.15, -0.1) is 12.8 Å². The van der Waals surface area contributed by atoms with Gasteiger partial charge in [-0.1, -0.05) is 29.4 Å². The molecule has 0 saturated carbocycles. The normalized spacial score (nSPS) is 16.2. The second-order valence-electron chi connectivity index (χ2n) is 6.44. The summed E-state index contributed by atoms with van der Waals surface area (Å²) in [6.07, 6.45) is 16.5. The summed E-state index contributed by atoms with van der Waals surface area (Å²) in [5, 5.41) is 0.468. The summed E-state index contributed by atoms with van der Waals surface area (Å²) in [6.45, 7) is 11.4. The van der Waals surface area contributed by atoms with Gasteiger partial charge < -0.3 is 16.2 Å². The monoisotopic (exact) mass is 376 g/mol. The number of thioether (sulfide) groups is 1. The van der Waals surface area contributed by atoms with Crippen LogP contribution < -0.4 is 11.5 Å². The zero-order valence-corrected chi connectivity index (χ0v) is 17.7. The van der Waals surface area contributed by atoms with E-state index >= 15 is 0 Å². The Labute approximate surface area is 165 Å². The molecule has 0 spiro atoms. The zero-order chi connectivity index (χ0) is 19.9. The van der Waals surface area contributed by atoms with Gasteiger partial charge in [-0.3, -0.25) is 0 Å². The molecule has 146 valence electrons. The maximum atomic E-state index is 5.99. The standard InChI is InChI=1S/C20H34N2OS.C2H2/c1-15(2)19(13-22)18-9-10-23-14-20(18)17(4)24-11-7-5-6-8-16(3)12-21;1-2/h5-6,8,17H,7,9-14,21-22H2,1-4H3;1-2H/b6-5-,16-8+;. The molecule has 1 unspecified atom stereocenters. The quantitative estimate of drug-likeness (QED) is 0.359. The summed E-state index contributed by atoms with van der Waals surface area (Å²) in [5.74, 6) is 1.11. The molecule has 1 heterocycles. The van der Waals surface area contributed by atoms with Crippen molar-refractivity contribution in [1.29, 1.82) is 0 Å². The second kappa shape index (κ2) is 14.9. The minimum atomic E-state index is 0.468. The maximum Gasteiger partial charge on any atom is 0.0693 e. The molecule has 0 aromatic carbocycles. The Hall–Kier alpha value is -1.25. The highest BCUT2D eigenvalue weighted by atomic mass is 32.2. The Morgan fingerprint density at radius 3 is 2.50 bits per heavy atom. The van der Waals surface area contributed by atoms with Crippen LogP contribution >= 0.6 is 11.8 Å². The predicted molar refractivity (Wildman–Crippen MR) is 118 cm³/mol. The molecule has 0 saturated heterocycles. The summed E-state index contributed by atoms with van der Waals surface area (Å²) < 4.78 is 5.72. The van der Waals surface area contributed by atoms with Gasteiger partial charge in [-0.05, 0) is 63.0 Å². The van der Waals surface area contributed by atoms with Gasteiger partial charge >= 0.3 is 0 Å². The van der Waals surface area contributed by atoms with Gasteiger partial charge in [0.2, 0.25) is 0 Å². The summed E-state index contributed by atoms with van der Waals surface area (Å²) in [6, 6.07) is 0. The first-order valence-electron chi connectivity index (χ1n) is 9.15. The lowest BCUT2D eigenvalue weighted by Crippen LogP contribution is -2.22. The lowest BCUT2D eigenvalue weighted by Gasteiger charge is -2.27. The molecule has 1 atom stereocenters. The van der Waals surface area contributed by atoms with Crippen LogP contribution in [0, 0.1) is 12.8 Å². The lowest BCUT2D eigenvalue weighted by molar-refractivity contribution is 0.145. The second-order valence-corrected chi connectivity index (χ2v) is 7.88. The Bertz CT molecular complexity index is 552. The van der Waals surface area contributed by atoms with Gasteiger partial charge in [0, 0.05) is 18.3 Å². The Morgan fingerprint density at radius 2 is 1.92 bits per heavy atom. The van der Waals surface area contributed by atoms with Gasteiger partial charge in [-0.2, -0.15) is 11.8 Å². The van der Waals surface area contributed by atoms with Crippen LogP contribution in [0.1, 0.15) is 40.5 Å². The highest BCUT2D eigenvalue weighted by Crippen LogP contribution is 2.31. The van der Waals surface area contributed by atoms with Crippen molar-refractivity contribution >= 4 is 11.8 Å². The molecule has 4 N–H and O–H groups in total. The fourth-order valence-corrected chi connectivity index (χ4v) is 3.79. The minimum absolute atomic E-state index is 0.468. The van der Waals surface area contributed by atoms with Crippen molar-refractivity contribution < 1.29 is 4.74 Å². The van der Waals surface area contributed by atoms with Crippen molar-refractivity contribution in [3.8, 4) is 12.8 Å². The topological polar surface area (TPSA) is 61.3 Å². The van der Waals surface area contributed by atoms with Crippen molar-refractivity contribution in [1.82, 2.24) is 0 Å². The van der Waals surface area contributed by atoms with Gasteiger partial charge in [-0.25, -0.2) is 0 Å². The Kier molecular flexibility index (Phi) is 14.2. The number of hydrogen-bond acceptors (Lipinski definition) is 4. The van der Waals surface area contributed by atoms with E-state index < -0.39 is 0 Å². The summed E-state index contributed by atoms with van der Waals surface area (Å²) >= 11 is 1.99. The zero-order valence-electron chi connectivity index (χ0n) is 16.9. The van der Waals surface area contributed by atoms with E-state index in [-0.39, 0.29) is 0 Å². The van der Waals surface area contributed by atoms with Gasteiger partial charge in [0.05, 0.1) is 13.2 Å². The molecule has 0 amide bonds. The number of allylic oxidation sites excluding steroid dienone is 4. The van der Waals surface area contributed by atoms with E-state index in [1.54, 1.807) is 0 Å². The minimum Gasteiger partial charge on any atom is -0.377 e. The van der Waals surface area contributed by atoms with Crippen LogP contribution in [0.15, 0.2) is 46.1 Å². The van der Waals surface area contributed by atoms with Crippen LogP contribution in [0.5, 0.6) is 0 Å². The number of nitrogens with two attached hydrogens (primary N) is 2. The van der Waals surface area contributed by atoms with E-state index in [9.17, 15) is 0 Å². The van der Waals surface area contributed by atoms with Crippen molar-refractivity contribution in [2.75, 3.05) is 32.1 Å². The van der Waals surface area contributed by atoms with Crippen LogP contribution in [-0.4, -0.2) is 37.3 Å². The molecule has 26 heavy (non-hydrogen) atoms. The van der Waals surface area contributed by atoms with Crippen molar-refractivity contribution in [2.24, 2.45) is 11.5 Å². The van der Waals surface area contributed by atoms with Crippen LogP contribution in [0.25, 0.3) is 0 Å². The average molecular weight is 377 g/mol. The molecule has 3 nitrogen and oxygen atoms in total. The summed E-state index contributed by atoms with van der Waals surface area (Å²) in [5.41, 5.74) is 18.3. The van der Waals surface area contributed by atoms with E-state index in [0.717, 1.165) is 31.8 Å². The Balaban J connectivity index is 0.00000301. The molecule has 1 aliphatic heterocycles. The highest BCUT2D eigenvalue weighted by molar-refractivity contribution is 8.00. The SMILES string of the molecule is C#C.CC(C)=C(CN)C1=C(C(C)SCC/C=C\C=C(/C)CN)COCC1. The number of rotatable bonds is 9. The first kappa shape index (κ1) is 24.8. The summed E-state index contributed by atoms with van der Waals surface area (Å²) in [7, 11) is 0. The molecule has 4 heteroatoms. The molecule has 0 fully saturated rings. The van der Waals surface area contributed by atoms with Crippen molar-refractivity contribution in [3.63, 3.8) is 0 Å². The fourth-order valence-electron chi connectivity index (χ4n) is 2.75. The predicted octanol–water partition coefficient (Wildman–Crippen LogP) is 4.22. The fraction of sp³-hybridized carbons (Fsp3) is 0.545. The molecular formula is C22H36N2OS. The molecule has 1 aliphatic rings. The first-order valence-corrected chi connectivity index (χ1v) is 10.2. The van der Waals surface area contributed by atoms with E-state index in [1.807, 2.05) is 11.8 Å². The molecule has 0 aliphatic carbocycles. The van der Waals surface area contributed by atoms with E-state index in [1.165, 1.54) is 27.9 Å². The largest absolute Gasteiger partial charge is 0.377 e. The third-order valence-corrected chi connectivity index (χ3v) is 5.55. The molecule has 0 radical (unpaired) electrons. The van der Waals surface area contributed by atoms with E-state index in [4.69, 9.17) is 16.2 Å². The van der Waals surface area contributed by atoms with Crippen molar-refractivity contribution in [2.45, 2.75) is 45.8 Å². The van der Waals surface area contributed by atoms with Crippen LogP contribution in [0.2, 0.25) is 0 Å². The smallest absolute Gasteiger partial charge is 0.0693 e. The molecule has 1 rings (SSSR count). The maximum absolute atomic E-state index is 5.99. The number of terminal acetylenes is 1. The van der Waals surface area contributed by atoms with Gasteiger partial charge in [0.25, 0.3) is 0 Å². The highest BCUT2D eigenvalue weighted by Gasteiger charge is 2.21. The first-order chi connectivity index (χ1) is 12.5. The number of ether oxygens (including phenoxy) is 1. The molecular weight excluding hydrogens is 340 g/mol. The van der Waals surface area contributed by atoms with Crippen molar-refractivity contribution in [3.05, 3.63) is 46.1 Å². The van der Waals surface area contributed by atoms with E-state index in [2.05, 4.69) is 58.8 Å². The Morgan fingerprint density at radius 1 is 1.23 bits per heavy atom. The molecule has 0 aromatic rings. The lowest BCUT2D eigenvalue weighted by atomic mass is 9.91. The van der Waals surface area contributed by atoms with Gasteiger partial charge in [0.1, 0.15) is 0 Å². The third-order valence-electron chi connectivity index (χ3n) is 4.30. The van der Waals surface area contributed by atoms with Crippen LogP contribution in [-0.2, 0) is 4.74 Å². The summed E-state index contributed by atoms with van der Waals surface area (Å²) in [4.78, 5) is 0.